The Labute approximate surface area is 140 Å². The van der Waals surface area contributed by atoms with Crippen LogP contribution in [0.3, 0.4) is 0 Å². The second-order valence-electron chi connectivity index (χ2n) is 7.17. The van der Waals surface area contributed by atoms with Crippen LogP contribution in [0.4, 0.5) is 5.69 Å². The van der Waals surface area contributed by atoms with E-state index in [1.807, 2.05) is 6.07 Å². The molecular formula is C21H27NO. The molecule has 122 valence electrons. The Morgan fingerprint density at radius 1 is 1.04 bits per heavy atom. The van der Waals surface area contributed by atoms with Gasteiger partial charge in [-0.25, -0.2) is 0 Å². The molecule has 23 heavy (non-hydrogen) atoms. The Balaban J connectivity index is 1.65. The van der Waals surface area contributed by atoms with Crippen LogP contribution in [-0.4, -0.2) is 18.7 Å². The minimum atomic E-state index is 0.171. The van der Waals surface area contributed by atoms with Crippen molar-refractivity contribution in [3.8, 4) is 0 Å². The first-order chi connectivity index (χ1) is 11.1. The molecule has 0 saturated carbocycles. The van der Waals surface area contributed by atoms with Gasteiger partial charge in [-0.3, -0.25) is 0 Å². The summed E-state index contributed by atoms with van der Waals surface area (Å²) in [5, 5.41) is 0. The summed E-state index contributed by atoms with van der Waals surface area (Å²) in [7, 11) is 0. The number of nitrogens with zero attached hydrogens (tertiary/aromatic N) is 1. The van der Waals surface area contributed by atoms with Crippen molar-refractivity contribution in [2.45, 2.75) is 45.3 Å². The largest absolute Gasteiger partial charge is 0.375 e. The van der Waals surface area contributed by atoms with Gasteiger partial charge in [-0.15, -0.1) is 0 Å². The van der Waals surface area contributed by atoms with Gasteiger partial charge in [-0.05, 0) is 43.4 Å². The number of anilines is 1. The molecule has 2 aromatic carbocycles. The van der Waals surface area contributed by atoms with Crippen LogP contribution >= 0.6 is 0 Å². The SMILES string of the molecule is CC1CC(C)(C)N(CCOCc2ccccc2)c2ccccc21. The number of para-hydroxylation sites is 1. The van der Waals surface area contributed by atoms with Crippen molar-refractivity contribution in [3.63, 3.8) is 0 Å². The predicted molar refractivity (Wildman–Crippen MR) is 97.0 cm³/mol. The van der Waals surface area contributed by atoms with Crippen LogP contribution in [0.15, 0.2) is 54.6 Å². The summed E-state index contributed by atoms with van der Waals surface area (Å²) in [6.45, 7) is 9.40. The van der Waals surface area contributed by atoms with E-state index in [2.05, 4.69) is 74.2 Å². The highest BCUT2D eigenvalue weighted by Gasteiger charge is 2.35. The van der Waals surface area contributed by atoms with E-state index in [1.165, 1.54) is 23.2 Å². The molecule has 2 heteroatoms. The normalized spacial score (nSPS) is 19.4. The summed E-state index contributed by atoms with van der Waals surface area (Å²) in [6.07, 6.45) is 1.18. The van der Waals surface area contributed by atoms with Crippen LogP contribution < -0.4 is 4.90 Å². The molecule has 3 rings (SSSR count). The van der Waals surface area contributed by atoms with Crippen LogP contribution in [0, 0.1) is 0 Å². The van der Waals surface area contributed by atoms with Crippen molar-refractivity contribution in [3.05, 3.63) is 65.7 Å². The van der Waals surface area contributed by atoms with Crippen LogP contribution in [-0.2, 0) is 11.3 Å². The molecule has 0 N–H and O–H groups in total. The minimum Gasteiger partial charge on any atom is -0.375 e. The fourth-order valence-corrected chi connectivity index (χ4v) is 3.79. The van der Waals surface area contributed by atoms with E-state index in [1.54, 1.807) is 0 Å². The zero-order chi connectivity index (χ0) is 16.3. The number of rotatable bonds is 5. The molecule has 0 saturated heterocycles. The van der Waals surface area contributed by atoms with Crippen molar-refractivity contribution in [2.75, 3.05) is 18.1 Å². The maximum absolute atomic E-state index is 5.92. The highest BCUT2D eigenvalue weighted by Crippen LogP contribution is 2.42. The second-order valence-corrected chi connectivity index (χ2v) is 7.17. The van der Waals surface area contributed by atoms with Crippen molar-refractivity contribution in [1.82, 2.24) is 0 Å². The summed E-state index contributed by atoms with van der Waals surface area (Å²) in [4.78, 5) is 2.52. The van der Waals surface area contributed by atoms with E-state index in [4.69, 9.17) is 4.74 Å². The molecule has 0 bridgehead atoms. The number of fused-ring (bicyclic) bond motifs is 1. The first-order valence-electron chi connectivity index (χ1n) is 8.56. The molecule has 0 fully saturated rings. The zero-order valence-electron chi connectivity index (χ0n) is 14.5. The van der Waals surface area contributed by atoms with Gasteiger partial charge < -0.3 is 9.64 Å². The third kappa shape index (κ3) is 3.59. The Morgan fingerprint density at radius 3 is 2.52 bits per heavy atom. The lowest BCUT2D eigenvalue weighted by Gasteiger charge is -2.47. The fraction of sp³-hybridized carbons (Fsp3) is 0.429. The monoisotopic (exact) mass is 309 g/mol. The van der Waals surface area contributed by atoms with Crippen LogP contribution in [0.25, 0.3) is 0 Å². The minimum absolute atomic E-state index is 0.171. The van der Waals surface area contributed by atoms with Crippen molar-refractivity contribution >= 4 is 5.69 Å². The quantitative estimate of drug-likeness (QED) is 0.721. The van der Waals surface area contributed by atoms with E-state index in [0.29, 0.717) is 12.5 Å². The molecular weight excluding hydrogens is 282 g/mol. The Hall–Kier alpha value is -1.80. The fourth-order valence-electron chi connectivity index (χ4n) is 3.79. The van der Waals surface area contributed by atoms with Crippen LogP contribution in [0.2, 0.25) is 0 Å². The van der Waals surface area contributed by atoms with Gasteiger partial charge in [-0.1, -0.05) is 55.5 Å². The summed E-state index contributed by atoms with van der Waals surface area (Å²) >= 11 is 0. The summed E-state index contributed by atoms with van der Waals surface area (Å²) in [5.74, 6) is 0.614. The first kappa shape index (κ1) is 16.1. The average Bonchev–Trinajstić information content (AvgIpc) is 2.54. The highest BCUT2D eigenvalue weighted by atomic mass is 16.5. The maximum Gasteiger partial charge on any atom is 0.0717 e. The number of hydrogen-bond donors (Lipinski definition) is 0. The van der Waals surface area contributed by atoms with Crippen LogP contribution in [0.1, 0.15) is 44.2 Å². The molecule has 2 aromatic rings. The van der Waals surface area contributed by atoms with E-state index < -0.39 is 0 Å². The van der Waals surface area contributed by atoms with Crippen molar-refractivity contribution in [2.24, 2.45) is 0 Å². The third-order valence-corrected chi connectivity index (χ3v) is 4.87. The molecule has 1 heterocycles. The maximum atomic E-state index is 5.92. The standard InChI is InChI=1S/C21H27NO/c1-17-15-21(2,3)22(20-12-8-7-11-19(17)20)13-14-23-16-18-9-5-4-6-10-18/h4-12,17H,13-16H2,1-3H3. The van der Waals surface area contributed by atoms with Gasteiger partial charge in [0, 0.05) is 17.8 Å². The van der Waals surface area contributed by atoms with Gasteiger partial charge in [0.25, 0.3) is 0 Å². The molecule has 2 nitrogen and oxygen atoms in total. The van der Waals surface area contributed by atoms with Crippen molar-refractivity contribution < 1.29 is 4.74 Å². The van der Waals surface area contributed by atoms with Gasteiger partial charge in [0.05, 0.1) is 13.2 Å². The van der Waals surface area contributed by atoms with E-state index in [-0.39, 0.29) is 5.54 Å². The molecule has 1 aliphatic heterocycles. The van der Waals surface area contributed by atoms with Gasteiger partial charge in [-0.2, -0.15) is 0 Å². The highest BCUT2D eigenvalue weighted by molar-refractivity contribution is 5.59. The molecule has 1 atom stereocenters. The lowest BCUT2D eigenvalue weighted by molar-refractivity contribution is 0.122. The summed E-state index contributed by atoms with van der Waals surface area (Å²) in [5.41, 5.74) is 4.25. The molecule has 0 radical (unpaired) electrons. The second kappa shape index (κ2) is 6.76. The number of benzene rings is 2. The molecule has 1 unspecified atom stereocenters. The Bertz CT molecular complexity index is 635. The topological polar surface area (TPSA) is 12.5 Å². The Kier molecular flexibility index (Phi) is 4.72. The number of hydrogen-bond acceptors (Lipinski definition) is 2. The first-order valence-corrected chi connectivity index (χ1v) is 8.56. The smallest absolute Gasteiger partial charge is 0.0717 e. The van der Waals surface area contributed by atoms with E-state index in [9.17, 15) is 0 Å². The average molecular weight is 309 g/mol. The van der Waals surface area contributed by atoms with Crippen LogP contribution in [0.5, 0.6) is 0 Å². The summed E-state index contributed by atoms with van der Waals surface area (Å²) < 4.78 is 5.92. The van der Waals surface area contributed by atoms with E-state index >= 15 is 0 Å². The lowest BCUT2D eigenvalue weighted by Crippen LogP contribution is -2.49. The lowest BCUT2D eigenvalue weighted by atomic mass is 9.80. The van der Waals surface area contributed by atoms with Gasteiger partial charge in [0.15, 0.2) is 0 Å². The molecule has 0 aliphatic carbocycles. The Morgan fingerprint density at radius 2 is 1.74 bits per heavy atom. The summed E-state index contributed by atoms with van der Waals surface area (Å²) in [6, 6.07) is 19.2. The van der Waals surface area contributed by atoms with Gasteiger partial charge >= 0.3 is 0 Å². The zero-order valence-corrected chi connectivity index (χ0v) is 14.5. The van der Waals surface area contributed by atoms with Gasteiger partial charge in [0.2, 0.25) is 0 Å². The molecule has 0 aromatic heterocycles. The molecule has 0 spiro atoms. The van der Waals surface area contributed by atoms with E-state index in [0.717, 1.165) is 13.2 Å². The third-order valence-electron chi connectivity index (χ3n) is 4.87. The number of ether oxygens (including phenoxy) is 1. The van der Waals surface area contributed by atoms with Gasteiger partial charge in [0.1, 0.15) is 0 Å². The van der Waals surface area contributed by atoms with Crippen molar-refractivity contribution in [1.29, 1.82) is 0 Å². The predicted octanol–water partition coefficient (Wildman–Crippen LogP) is 5.00. The molecule has 1 aliphatic rings. The molecule has 0 amide bonds.